The Bertz CT molecular complexity index is 401. The number of ether oxygens (including phenoxy) is 1. The van der Waals surface area contributed by atoms with Crippen LogP contribution in [0.3, 0.4) is 0 Å². The van der Waals surface area contributed by atoms with Crippen molar-refractivity contribution in [3.05, 3.63) is 0 Å². The number of hydrogen-bond donors (Lipinski definition) is 1. The van der Waals surface area contributed by atoms with Gasteiger partial charge in [-0.3, -0.25) is 4.79 Å². The minimum Gasteiger partial charge on any atom is -0.444 e. The van der Waals surface area contributed by atoms with Crippen molar-refractivity contribution in [2.24, 2.45) is 0 Å². The van der Waals surface area contributed by atoms with E-state index in [9.17, 15) is 9.59 Å². The van der Waals surface area contributed by atoms with Crippen LogP contribution in [0.2, 0.25) is 0 Å². The summed E-state index contributed by atoms with van der Waals surface area (Å²) in [5.74, 6) is 0.0458. The van der Waals surface area contributed by atoms with E-state index in [2.05, 4.69) is 22.2 Å². The van der Waals surface area contributed by atoms with E-state index in [-0.39, 0.29) is 5.91 Å². The van der Waals surface area contributed by atoms with Crippen molar-refractivity contribution < 1.29 is 14.3 Å². The maximum Gasteiger partial charge on any atom is 0.407 e. The molecule has 0 bridgehead atoms. The van der Waals surface area contributed by atoms with Crippen molar-refractivity contribution in [3.8, 4) is 0 Å². The fourth-order valence-electron chi connectivity index (χ4n) is 2.50. The van der Waals surface area contributed by atoms with Gasteiger partial charge in [-0.25, -0.2) is 4.79 Å². The van der Waals surface area contributed by atoms with Crippen LogP contribution in [0.1, 0.15) is 33.6 Å². The topological polar surface area (TPSA) is 65.1 Å². The van der Waals surface area contributed by atoms with Crippen LogP contribution < -0.4 is 5.32 Å². The van der Waals surface area contributed by atoms with E-state index in [1.54, 1.807) is 4.90 Å². The molecule has 2 amide bonds. The van der Waals surface area contributed by atoms with E-state index in [0.717, 1.165) is 45.7 Å². The summed E-state index contributed by atoms with van der Waals surface area (Å²) in [6.45, 7) is 12.0. The number of alkyl carbamates (subject to hydrolysis) is 1. The van der Waals surface area contributed by atoms with Gasteiger partial charge in [-0.15, -0.1) is 0 Å². The van der Waals surface area contributed by atoms with Crippen molar-refractivity contribution in [2.45, 2.75) is 39.2 Å². The van der Waals surface area contributed by atoms with Crippen molar-refractivity contribution in [2.75, 3.05) is 59.9 Å². The highest BCUT2D eigenvalue weighted by Crippen LogP contribution is 2.06. The second-order valence-electron chi connectivity index (χ2n) is 7.49. The van der Waals surface area contributed by atoms with E-state index in [1.807, 2.05) is 27.8 Å². The lowest BCUT2D eigenvalue weighted by molar-refractivity contribution is -0.129. The van der Waals surface area contributed by atoms with Crippen molar-refractivity contribution >= 4 is 12.0 Å². The molecule has 0 aromatic rings. The molecule has 1 aliphatic rings. The number of nitrogens with zero attached hydrogens (tertiary/aromatic N) is 3. The lowest BCUT2D eigenvalue weighted by atomic mass is 10.2. The smallest absolute Gasteiger partial charge is 0.407 e. The average Bonchev–Trinajstić information content (AvgIpc) is 2.47. The van der Waals surface area contributed by atoms with Crippen LogP contribution in [0.4, 0.5) is 4.79 Å². The van der Waals surface area contributed by atoms with Gasteiger partial charge in [0, 0.05) is 52.7 Å². The molecule has 1 rings (SSSR count). The monoisotopic (exact) mass is 342 g/mol. The van der Waals surface area contributed by atoms with Crippen molar-refractivity contribution in [1.82, 2.24) is 20.0 Å². The second kappa shape index (κ2) is 9.84. The Morgan fingerprint density at radius 1 is 1.17 bits per heavy atom. The Balaban J connectivity index is 2.11. The Kier molecular flexibility index (Phi) is 8.48. The van der Waals surface area contributed by atoms with E-state index in [1.165, 1.54) is 0 Å². The maximum absolute atomic E-state index is 12.0. The molecule has 0 saturated carbocycles. The molecule has 0 aliphatic carbocycles. The largest absolute Gasteiger partial charge is 0.444 e. The zero-order valence-electron chi connectivity index (χ0n) is 15.9. The summed E-state index contributed by atoms with van der Waals surface area (Å²) in [7, 11) is 3.97. The molecule has 0 unspecified atom stereocenters. The summed E-state index contributed by atoms with van der Waals surface area (Å²) in [6.07, 6.45) is 0.795. The molecule has 0 atom stereocenters. The van der Waals surface area contributed by atoms with Crippen LogP contribution >= 0.6 is 0 Å². The Morgan fingerprint density at radius 2 is 1.79 bits per heavy atom. The summed E-state index contributed by atoms with van der Waals surface area (Å²) < 4.78 is 5.14. The molecular formula is C17H34N4O3. The van der Waals surface area contributed by atoms with Gasteiger partial charge in [0.15, 0.2) is 0 Å². The van der Waals surface area contributed by atoms with Gasteiger partial charge in [-0.05, 0) is 40.8 Å². The standard InChI is InChI=1S/C17H34N4O3/c1-17(2,3)24-16(23)18-8-7-15(22)20(5)9-6-10-21-13-11-19(4)12-14-21/h6-14H2,1-5H3,(H,18,23). The van der Waals surface area contributed by atoms with Crippen molar-refractivity contribution in [1.29, 1.82) is 0 Å². The van der Waals surface area contributed by atoms with E-state index >= 15 is 0 Å². The summed E-state index contributed by atoms with van der Waals surface area (Å²) in [6, 6.07) is 0. The Hall–Kier alpha value is -1.34. The number of rotatable bonds is 7. The summed E-state index contributed by atoms with van der Waals surface area (Å²) in [5.41, 5.74) is -0.520. The van der Waals surface area contributed by atoms with Crippen LogP contribution in [0.25, 0.3) is 0 Å². The third-order valence-electron chi connectivity index (χ3n) is 4.00. The fraction of sp³-hybridized carbons (Fsp3) is 0.882. The zero-order chi connectivity index (χ0) is 18.2. The predicted molar refractivity (Wildman–Crippen MR) is 95.0 cm³/mol. The normalized spacial score (nSPS) is 16.7. The molecular weight excluding hydrogens is 308 g/mol. The molecule has 1 aliphatic heterocycles. The van der Waals surface area contributed by atoms with Gasteiger partial charge < -0.3 is 24.8 Å². The molecule has 1 saturated heterocycles. The highest BCUT2D eigenvalue weighted by Gasteiger charge is 2.17. The number of carbonyl (C=O) groups is 2. The van der Waals surface area contributed by atoms with Gasteiger partial charge in [0.2, 0.25) is 5.91 Å². The van der Waals surface area contributed by atoms with Crippen LogP contribution in [0.15, 0.2) is 0 Å². The van der Waals surface area contributed by atoms with Gasteiger partial charge in [0.05, 0.1) is 0 Å². The first-order chi connectivity index (χ1) is 11.2. The highest BCUT2D eigenvalue weighted by atomic mass is 16.6. The first-order valence-electron chi connectivity index (χ1n) is 8.79. The van der Waals surface area contributed by atoms with Gasteiger partial charge in [0.25, 0.3) is 0 Å². The number of piperazine rings is 1. The molecule has 1 fully saturated rings. The lowest BCUT2D eigenvalue weighted by Crippen LogP contribution is -2.45. The number of nitrogens with one attached hydrogen (secondary N) is 1. The number of amides is 2. The maximum atomic E-state index is 12.0. The minimum absolute atomic E-state index is 0.0458. The molecule has 7 heteroatoms. The number of carbonyl (C=O) groups excluding carboxylic acids is 2. The van der Waals surface area contributed by atoms with Gasteiger partial charge in [0.1, 0.15) is 5.60 Å². The van der Waals surface area contributed by atoms with Crippen molar-refractivity contribution in [3.63, 3.8) is 0 Å². The second-order valence-corrected chi connectivity index (χ2v) is 7.49. The van der Waals surface area contributed by atoms with Gasteiger partial charge in [-0.2, -0.15) is 0 Å². The third-order valence-corrected chi connectivity index (χ3v) is 4.00. The quantitative estimate of drug-likeness (QED) is 0.748. The van der Waals surface area contributed by atoms with Gasteiger partial charge >= 0.3 is 6.09 Å². The van der Waals surface area contributed by atoms with Crippen LogP contribution in [0.5, 0.6) is 0 Å². The van der Waals surface area contributed by atoms with Crippen LogP contribution in [0, 0.1) is 0 Å². The van der Waals surface area contributed by atoms with E-state index < -0.39 is 11.7 Å². The first-order valence-corrected chi connectivity index (χ1v) is 8.79. The highest BCUT2D eigenvalue weighted by molar-refractivity contribution is 5.77. The minimum atomic E-state index is -0.520. The average molecular weight is 342 g/mol. The first kappa shape index (κ1) is 20.7. The lowest BCUT2D eigenvalue weighted by Gasteiger charge is -2.32. The van der Waals surface area contributed by atoms with E-state index in [4.69, 9.17) is 4.74 Å². The molecule has 0 radical (unpaired) electrons. The number of likely N-dealkylation sites (N-methyl/N-ethyl adjacent to an activating group) is 1. The predicted octanol–water partition coefficient (Wildman–Crippen LogP) is 0.997. The molecule has 140 valence electrons. The van der Waals surface area contributed by atoms with E-state index in [0.29, 0.717) is 13.0 Å². The fourth-order valence-corrected chi connectivity index (χ4v) is 2.50. The summed E-state index contributed by atoms with van der Waals surface area (Å²) >= 11 is 0. The van der Waals surface area contributed by atoms with Gasteiger partial charge in [-0.1, -0.05) is 0 Å². The Labute approximate surface area is 146 Å². The SMILES string of the molecule is CN1CCN(CCCN(C)C(=O)CCNC(=O)OC(C)(C)C)CC1. The molecule has 24 heavy (non-hydrogen) atoms. The molecule has 0 aromatic carbocycles. The molecule has 0 aromatic heterocycles. The third kappa shape index (κ3) is 9.08. The molecule has 1 N–H and O–H groups in total. The summed E-state index contributed by atoms with van der Waals surface area (Å²) in [4.78, 5) is 30.1. The zero-order valence-corrected chi connectivity index (χ0v) is 15.9. The molecule has 7 nitrogen and oxygen atoms in total. The number of hydrogen-bond acceptors (Lipinski definition) is 5. The van der Waals surface area contributed by atoms with Crippen LogP contribution in [-0.4, -0.2) is 92.2 Å². The molecule has 0 spiro atoms. The van der Waals surface area contributed by atoms with Crippen LogP contribution in [-0.2, 0) is 9.53 Å². The summed E-state index contributed by atoms with van der Waals surface area (Å²) in [5, 5.41) is 2.62. The Morgan fingerprint density at radius 3 is 2.38 bits per heavy atom. The molecule has 1 heterocycles.